The predicted molar refractivity (Wildman–Crippen MR) is 80.3 cm³/mol. The Hall–Kier alpha value is -0.930. The van der Waals surface area contributed by atoms with Crippen molar-refractivity contribution in [2.45, 2.75) is 57.7 Å². The Labute approximate surface area is 121 Å². The van der Waals surface area contributed by atoms with Gasteiger partial charge in [0.05, 0.1) is 0 Å². The van der Waals surface area contributed by atoms with Crippen LogP contribution in [0.15, 0.2) is 18.2 Å². The monoisotopic (exact) mass is 276 g/mol. The third kappa shape index (κ3) is 2.61. The second-order valence-electron chi connectivity index (χ2n) is 6.45. The molecule has 2 atom stereocenters. The van der Waals surface area contributed by atoms with Crippen LogP contribution in [0.1, 0.15) is 50.3 Å². The summed E-state index contributed by atoms with van der Waals surface area (Å²) >= 11 is 0. The highest BCUT2D eigenvalue weighted by molar-refractivity contribution is 5.35. The van der Waals surface area contributed by atoms with E-state index in [2.05, 4.69) is 30.1 Å². The summed E-state index contributed by atoms with van der Waals surface area (Å²) in [6, 6.07) is 7.07. The fraction of sp³-hybridized carbons (Fsp3) is 0.647. The zero-order chi connectivity index (χ0) is 14.1. The molecule has 0 radical (unpaired) electrons. The van der Waals surface area contributed by atoms with Crippen molar-refractivity contribution < 1.29 is 4.39 Å². The molecule has 1 aliphatic carbocycles. The molecule has 0 amide bonds. The average molecular weight is 276 g/mol. The van der Waals surface area contributed by atoms with Gasteiger partial charge in [0, 0.05) is 24.7 Å². The van der Waals surface area contributed by atoms with Crippen molar-refractivity contribution in [1.82, 2.24) is 10.2 Å². The van der Waals surface area contributed by atoms with Crippen LogP contribution in [-0.4, -0.2) is 30.1 Å². The molecule has 2 unspecified atom stereocenters. The molecule has 3 heteroatoms. The number of halogens is 1. The molecule has 1 saturated heterocycles. The Kier molecular flexibility index (Phi) is 4.08. The van der Waals surface area contributed by atoms with E-state index in [9.17, 15) is 4.39 Å². The minimum Gasteiger partial charge on any atom is -0.313 e. The molecule has 1 aromatic rings. The molecule has 3 rings (SSSR count). The molecule has 110 valence electrons. The summed E-state index contributed by atoms with van der Waals surface area (Å²) in [7, 11) is 0. The zero-order valence-electron chi connectivity index (χ0n) is 12.5. The number of rotatable bonds is 4. The number of hydrogen-bond acceptors (Lipinski definition) is 2. The van der Waals surface area contributed by atoms with E-state index in [1.54, 1.807) is 6.07 Å². The highest BCUT2D eigenvalue weighted by Gasteiger charge is 2.32. The first-order valence-corrected chi connectivity index (χ1v) is 7.93. The van der Waals surface area contributed by atoms with Crippen LogP contribution in [-0.2, 0) is 6.42 Å². The lowest BCUT2D eigenvalue weighted by Crippen LogP contribution is -2.42. The van der Waals surface area contributed by atoms with Gasteiger partial charge in [0.1, 0.15) is 5.82 Å². The lowest BCUT2D eigenvalue weighted by molar-refractivity contribution is 0.139. The number of fused-ring (bicyclic) bond motifs is 1. The third-order valence-electron chi connectivity index (χ3n) is 4.84. The summed E-state index contributed by atoms with van der Waals surface area (Å²) in [5.74, 6) is -0.0207. The SMILES string of the molecule is CC(C)N(CC1CCCN1)C1CCc2c(F)cccc21. The first kappa shape index (κ1) is 14.0. The van der Waals surface area contributed by atoms with Crippen LogP contribution in [0.4, 0.5) is 4.39 Å². The molecule has 0 aromatic heterocycles. The van der Waals surface area contributed by atoms with Gasteiger partial charge in [0.25, 0.3) is 0 Å². The van der Waals surface area contributed by atoms with E-state index in [0.29, 0.717) is 18.1 Å². The number of nitrogens with one attached hydrogen (secondary N) is 1. The molecule has 1 aromatic carbocycles. The van der Waals surface area contributed by atoms with Gasteiger partial charge < -0.3 is 5.32 Å². The quantitative estimate of drug-likeness (QED) is 0.908. The van der Waals surface area contributed by atoms with Crippen molar-refractivity contribution in [3.63, 3.8) is 0 Å². The third-order valence-corrected chi connectivity index (χ3v) is 4.84. The fourth-order valence-electron chi connectivity index (χ4n) is 3.80. The minimum atomic E-state index is -0.0207. The first-order chi connectivity index (χ1) is 9.66. The molecule has 2 aliphatic rings. The normalized spacial score (nSPS) is 25.6. The lowest BCUT2D eigenvalue weighted by Gasteiger charge is -2.35. The largest absolute Gasteiger partial charge is 0.313 e. The lowest BCUT2D eigenvalue weighted by atomic mass is 10.0. The smallest absolute Gasteiger partial charge is 0.126 e. The van der Waals surface area contributed by atoms with Crippen LogP contribution in [0, 0.1) is 5.82 Å². The van der Waals surface area contributed by atoms with Crippen molar-refractivity contribution in [2.75, 3.05) is 13.1 Å². The summed E-state index contributed by atoms with van der Waals surface area (Å²) < 4.78 is 13.9. The van der Waals surface area contributed by atoms with E-state index < -0.39 is 0 Å². The van der Waals surface area contributed by atoms with Gasteiger partial charge in [-0.25, -0.2) is 4.39 Å². The van der Waals surface area contributed by atoms with Crippen molar-refractivity contribution >= 4 is 0 Å². The molecular weight excluding hydrogens is 251 g/mol. The summed E-state index contributed by atoms with van der Waals surface area (Å²) in [4.78, 5) is 2.56. The highest BCUT2D eigenvalue weighted by Crippen LogP contribution is 2.38. The molecule has 0 saturated carbocycles. The Bertz CT molecular complexity index is 466. The first-order valence-electron chi connectivity index (χ1n) is 7.93. The van der Waals surface area contributed by atoms with Crippen LogP contribution < -0.4 is 5.32 Å². The molecule has 0 bridgehead atoms. The molecule has 1 N–H and O–H groups in total. The van der Waals surface area contributed by atoms with E-state index in [1.165, 1.54) is 18.4 Å². The second-order valence-corrected chi connectivity index (χ2v) is 6.45. The van der Waals surface area contributed by atoms with Gasteiger partial charge in [-0.3, -0.25) is 4.90 Å². The second kappa shape index (κ2) is 5.82. The zero-order valence-corrected chi connectivity index (χ0v) is 12.5. The predicted octanol–water partition coefficient (Wildman–Crippen LogP) is 3.28. The van der Waals surface area contributed by atoms with Crippen LogP contribution in [0.5, 0.6) is 0 Å². The van der Waals surface area contributed by atoms with Gasteiger partial charge in [-0.05, 0) is 63.3 Å². The number of nitrogens with zero attached hydrogens (tertiary/aromatic N) is 1. The Morgan fingerprint density at radius 2 is 2.20 bits per heavy atom. The fourth-order valence-corrected chi connectivity index (χ4v) is 3.80. The summed E-state index contributed by atoms with van der Waals surface area (Å²) in [6.45, 7) is 6.74. The highest BCUT2D eigenvalue weighted by atomic mass is 19.1. The molecule has 2 nitrogen and oxygen atoms in total. The maximum Gasteiger partial charge on any atom is 0.126 e. The van der Waals surface area contributed by atoms with Crippen molar-refractivity contribution in [3.05, 3.63) is 35.1 Å². The maximum atomic E-state index is 13.9. The van der Waals surface area contributed by atoms with Gasteiger partial charge in [0.2, 0.25) is 0 Å². The van der Waals surface area contributed by atoms with Crippen LogP contribution >= 0.6 is 0 Å². The van der Waals surface area contributed by atoms with Gasteiger partial charge in [0.15, 0.2) is 0 Å². The van der Waals surface area contributed by atoms with Gasteiger partial charge in [-0.1, -0.05) is 12.1 Å². The Morgan fingerprint density at radius 3 is 2.90 bits per heavy atom. The summed E-state index contributed by atoms with van der Waals surface area (Å²) in [6.07, 6.45) is 4.49. The van der Waals surface area contributed by atoms with Crippen LogP contribution in [0.3, 0.4) is 0 Å². The van der Waals surface area contributed by atoms with Crippen molar-refractivity contribution in [2.24, 2.45) is 0 Å². The average Bonchev–Trinajstić information content (AvgIpc) is 3.05. The minimum absolute atomic E-state index is 0.0207. The molecule has 1 fully saturated rings. The summed E-state index contributed by atoms with van der Waals surface area (Å²) in [5, 5.41) is 3.59. The van der Waals surface area contributed by atoms with Crippen molar-refractivity contribution in [3.8, 4) is 0 Å². The van der Waals surface area contributed by atoms with E-state index in [1.807, 2.05) is 6.07 Å². The standard InChI is InChI=1S/C17H25FN2/c1-12(2)20(11-13-5-4-10-19-13)17-9-8-14-15(17)6-3-7-16(14)18/h3,6-7,12-13,17,19H,4-5,8-11H2,1-2H3. The van der Waals surface area contributed by atoms with Crippen molar-refractivity contribution in [1.29, 1.82) is 0 Å². The molecular formula is C17H25FN2. The molecule has 0 spiro atoms. The Morgan fingerprint density at radius 1 is 1.35 bits per heavy atom. The van der Waals surface area contributed by atoms with E-state index >= 15 is 0 Å². The number of hydrogen-bond donors (Lipinski definition) is 1. The van der Waals surface area contributed by atoms with E-state index in [0.717, 1.165) is 31.5 Å². The van der Waals surface area contributed by atoms with Gasteiger partial charge in [-0.15, -0.1) is 0 Å². The van der Waals surface area contributed by atoms with E-state index in [-0.39, 0.29) is 5.82 Å². The molecule has 1 aliphatic heterocycles. The van der Waals surface area contributed by atoms with Crippen LogP contribution in [0.2, 0.25) is 0 Å². The van der Waals surface area contributed by atoms with Gasteiger partial charge in [-0.2, -0.15) is 0 Å². The topological polar surface area (TPSA) is 15.3 Å². The Balaban J connectivity index is 1.81. The van der Waals surface area contributed by atoms with E-state index in [4.69, 9.17) is 0 Å². The van der Waals surface area contributed by atoms with Gasteiger partial charge >= 0.3 is 0 Å². The van der Waals surface area contributed by atoms with Crippen LogP contribution in [0.25, 0.3) is 0 Å². The summed E-state index contributed by atoms with van der Waals surface area (Å²) in [5.41, 5.74) is 2.17. The molecule has 20 heavy (non-hydrogen) atoms. The maximum absolute atomic E-state index is 13.9. The number of benzene rings is 1. The molecule has 1 heterocycles.